The monoisotopic (exact) mass is 852 g/mol. The van der Waals surface area contributed by atoms with Crippen molar-refractivity contribution in [2.45, 2.75) is 36.6 Å². The molecule has 8 aromatic rings. The second-order valence-electron chi connectivity index (χ2n) is 14.5. The number of hydrogen-bond acceptors (Lipinski definition) is 8. The minimum absolute atomic E-state index is 0.427. The standard InChI is InChI=1S/3C14H14O2.C14H10O2/c4*15-13(11-7-3-1-4-8-11)14(16)12-9-5-2-6-10-12/h3*1-10,13-16H;1-10H/t13-,14+;2*13-,14-;/m.10./s1. The highest BCUT2D eigenvalue weighted by molar-refractivity contribution is 6.49. The lowest BCUT2D eigenvalue weighted by atomic mass is 9.99. The van der Waals surface area contributed by atoms with Crippen molar-refractivity contribution in [3.05, 3.63) is 287 Å². The van der Waals surface area contributed by atoms with Gasteiger partial charge in [0.15, 0.2) is 0 Å². The zero-order chi connectivity index (χ0) is 45.5. The van der Waals surface area contributed by atoms with Crippen LogP contribution in [0.3, 0.4) is 0 Å². The van der Waals surface area contributed by atoms with Crippen LogP contribution in [0.25, 0.3) is 0 Å². The number of benzene rings is 8. The lowest BCUT2D eigenvalue weighted by Crippen LogP contribution is -2.14. The van der Waals surface area contributed by atoms with Crippen LogP contribution in [0.2, 0.25) is 0 Å². The molecule has 0 radical (unpaired) electrons. The molecule has 0 aliphatic rings. The van der Waals surface area contributed by atoms with Crippen LogP contribution in [0.5, 0.6) is 0 Å². The summed E-state index contributed by atoms with van der Waals surface area (Å²) in [6.07, 6.45) is -5.31. The van der Waals surface area contributed by atoms with Crippen molar-refractivity contribution in [1.29, 1.82) is 0 Å². The highest BCUT2D eigenvalue weighted by Gasteiger charge is 2.21. The molecule has 6 atom stereocenters. The van der Waals surface area contributed by atoms with Crippen LogP contribution in [0.4, 0.5) is 0 Å². The maximum Gasteiger partial charge on any atom is 0.233 e. The number of aliphatic hydroxyl groups excluding tert-OH is 6. The van der Waals surface area contributed by atoms with Gasteiger partial charge in [0, 0.05) is 11.1 Å². The van der Waals surface area contributed by atoms with Crippen LogP contribution in [0.15, 0.2) is 243 Å². The van der Waals surface area contributed by atoms with Crippen molar-refractivity contribution in [2.24, 2.45) is 0 Å². The van der Waals surface area contributed by atoms with Gasteiger partial charge in [0.2, 0.25) is 11.6 Å². The number of ketones is 2. The Morgan fingerprint density at radius 2 is 0.344 bits per heavy atom. The van der Waals surface area contributed by atoms with Crippen molar-refractivity contribution in [3.63, 3.8) is 0 Å². The summed E-state index contributed by atoms with van der Waals surface area (Å²) < 4.78 is 0. The molecule has 0 aromatic heterocycles. The van der Waals surface area contributed by atoms with Gasteiger partial charge in [-0.1, -0.05) is 243 Å². The lowest BCUT2D eigenvalue weighted by molar-refractivity contribution is 0.0172. The fourth-order valence-corrected chi connectivity index (χ4v) is 6.44. The second-order valence-corrected chi connectivity index (χ2v) is 14.5. The average Bonchev–Trinajstić information content (AvgIpc) is 3.39. The molecule has 0 aliphatic heterocycles. The van der Waals surface area contributed by atoms with E-state index in [1.165, 1.54) is 0 Å². The average molecular weight is 853 g/mol. The maximum atomic E-state index is 11.8. The van der Waals surface area contributed by atoms with E-state index < -0.39 is 48.2 Å². The predicted molar refractivity (Wildman–Crippen MR) is 250 cm³/mol. The number of carbonyl (C=O) groups excluding carboxylic acids is 2. The van der Waals surface area contributed by atoms with Gasteiger partial charge in [-0.2, -0.15) is 0 Å². The molecular formula is C56H52O8. The van der Waals surface area contributed by atoms with E-state index in [9.17, 15) is 40.2 Å². The first-order valence-corrected chi connectivity index (χ1v) is 20.7. The summed E-state index contributed by atoms with van der Waals surface area (Å²) in [6, 6.07) is 72.2. The SMILES string of the molecule is O=C(C(=O)c1ccccc1)c1ccccc1.O[C@@H](c1ccccc1)[C@@H](O)c1ccccc1.O[C@H](c1ccccc1)[C@@H](O)c1ccccc1.O[C@H](c1ccccc1)[C@H](O)c1ccccc1. The summed E-state index contributed by atoms with van der Waals surface area (Å²) in [5, 5.41) is 60.0. The fraction of sp³-hybridized carbons (Fsp3) is 0.107. The molecule has 324 valence electrons. The van der Waals surface area contributed by atoms with Crippen molar-refractivity contribution in [3.8, 4) is 0 Å². The molecule has 64 heavy (non-hydrogen) atoms. The Bertz CT molecular complexity index is 2110. The van der Waals surface area contributed by atoms with Crippen molar-refractivity contribution >= 4 is 11.6 Å². The van der Waals surface area contributed by atoms with Gasteiger partial charge >= 0.3 is 0 Å². The van der Waals surface area contributed by atoms with Crippen molar-refractivity contribution < 1.29 is 40.2 Å². The van der Waals surface area contributed by atoms with E-state index in [1.807, 2.05) is 121 Å². The molecule has 0 unspecified atom stereocenters. The Kier molecular flexibility index (Phi) is 19.2. The van der Waals surface area contributed by atoms with E-state index in [4.69, 9.17) is 0 Å². The molecule has 0 saturated carbocycles. The summed E-state index contributed by atoms with van der Waals surface area (Å²) in [5.41, 5.74) is 5.18. The molecule has 0 aliphatic carbocycles. The molecule has 8 heteroatoms. The molecular weight excluding hydrogens is 801 g/mol. The molecule has 0 saturated heterocycles. The van der Waals surface area contributed by atoms with Crippen LogP contribution < -0.4 is 0 Å². The van der Waals surface area contributed by atoms with Crippen LogP contribution in [0.1, 0.15) is 90.7 Å². The third kappa shape index (κ3) is 14.5. The summed E-state index contributed by atoms with van der Waals surface area (Å²) in [6.45, 7) is 0. The second kappa shape index (κ2) is 25.7. The minimum Gasteiger partial charge on any atom is -0.385 e. The third-order valence-corrected chi connectivity index (χ3v) is 10.0. The molecule has 8 nitrogen and oxygen atoms in total. The topological polar surface area (TPSA) is 156 Å². The summed E-state index contributed by atoms with van der Waals surface area (Å²) in [5.74, 6) is -0.932. The molecule has 0 heterocycles. The summed E-state index contributed by atoms with van der Waals surface area (Å²) >= 11 is 0. The van der Waals surface area contributed by atoms with Gasteiger partial charge in [0.05, 0.1) is 0 Å². The largest absolute Gasteiger partial charge is 0.385 e. The van der Waals surface area contributed by atoms with E-state index in [2.05, 4.69) is 0 Å². The summed E-state index contributed by atoms with van der Waals surface area (Å²) in [7, 11) is 0. The van der Waals surface area contributed by atoms with Gasteiger partial charge in [-0.05, 0) is 33.4 Å². The Labute approximate surface area is 374 Å². The van der Waals surface area contributed by atoms with Crippen molar-refractivity contribution in [1.82, 2.24) is 0 Å². The maximum absolute atomic E-state index is 11.8. The first kappa shape index (κ1) is 47.9. The van der Waals surface area contributed by atoms with Gasteiger partial charge in [0.1, 0.15) is 36.6 Å². The Hall–Kier alpha value is -7.14. The quantitative estimate of drug-likeness (QED) is 0.0524. The van der Waals surface area contributed by atoms with Gasteiger partial charge in [0.25, 0.3) is 0 Å². The number of aliphatic hydroxyl groups is 6. The Balaban J connectivity index is 0.000000161. The van der Waals surface area contributed by atoms with Crippen LogP contribution in [-0.2, 0) is 0 Å². The zero-order valence-electron chi connectivity index (χ0n) is 35.1. The van der Waals surface area contributed by atoms with Crippen LogP contribution in [-0.4, -0.2) is 42.2 Å². The molecule has 8 aromatic carbocycles. The van der Waals surface area contributed by atoms with Crippen LogP contribution in [0, 0.1) is 0 Å². The highest BCUT2D eigenvalue weighted by atomic mass is 16.3. The van der Waals surface area contributed by atoms with Gasteiger partial charge in [-0.3, -0.25) is 9.59 Å². The van der Waals surface area contributed by atoms with Gasteiger partial charge in [-0.15, -0.1) is 0 Å². The molecule has 0 fully saturated rings. The van der Waals surface area contributed by atoms with E-state index in [0.717, 1.165) is 33.4 Å². The minimum atomic E-state index is -0.886. The number of hydrogen-bond donors (Lipinski definition) is 6. The van der Waals surface area contributed by atoms with Gasteiger partial charge in [-0.25, -0.2) is 0 Å². The van der Waals surface area contributed by atoms with Crippen LogP contribution >= 0.6 is 0 Å². The Morgan fingerprint density at radius 1 is 0.219 bits per heavy atom. The first-order chi connectivity index (χ1) is 31.2. The Morgan fingerprint density at radius 3 is 0.484 bits per heavy atom. The van der Waals surface area contributed by atoms with E-state index in [1.54, 1.807) is 121 Å². The predicted octanol–water partition coefficient (Wildman–Crippen LogP) is 10.1. The van der Waals surface area contributed by atoms with E-state index >= 15 is 0 Å². The zero-order valence-corrected chi connectivity index (χ0v) is 35.1. The summed E-state index contributed by atoms with van der Waals surface area (Å²) in [4.78, 5) is 23.6. The smallest absolute Gasteiger partial charge is 0.233 e. The van der Waals surface area contributed by atoms with E-state index in [0.29, 0.717) is 11.1 Å². The fourth-order valence-electron chi connectivity index (χ4n) is 6.44. The highest BCUT2D eigenvalue weighted by Crippen LogP contribution is 2.30. The van der Waals surface area contributed by atoms with E-state index in [-0.39, 0.29) is 0 Å². The molecule has 0 amide bonds. The van der Waals surface area contributed by atoms with Gasteiger partial charge < -0.3 is 30.6 Å². The molecule has 0 spiro atoms. The molecule has 0 bridgehead atoms. The normalized spacial score (nSPS) is 13.2. The molecule has 6 N–H and O–H groups in total. The number of Topliss-reactive ketones (excluding diaryl/α,β-unsaturated/α-hetero) is 2. The molecule has 8 rings (SSSR count). The van der Waals surface area contributed by atoms with Crippen molar-refractivity contribution in [2.75, 3.05) is 0 Å². The lowest BCUT2D eigenvalue weighted by Gasteiger charge is -2.18. The first-order valence-electron chi connectivity index (χ1n) is 20.7. The number of rotatable bonds is 12. The third-order valence-electron chi connectivity index (χ3n) is 10.0. The number of carbonyl (C=O) groups is 2.